The molecule has 4 rings (SSSR count). The number of nitrogens with zero attached hydrogens (tertiary/aromatic N) is 3. The summed E-state index contributed by atoms with van der Waals surface area (Å²) < 4.78 is 0. The van der Waals surface area contributed by atoms with E-state index < -0.39 is 6.10 Å². The van der Waals surface area contributed by atoms with E-state index in [-0.39, 0.29) is 35.0 Å². The minimum Gasteiger partial charge on any atom is -0.392 e. The van der Waals surface area contributed by atoms with Gasteiger partial charge in [0.25, 0.3) is 0 Å². The fourth-order valence-electron chi connectivity index (χ4n) is 6.17. The van der Waals surface area contributed by atoms with E-state index in [1.54, 1.807) is 0 Å². The maximum absolute atomic E-state index is 13.2. The van der Waals surface area contributed by atoms with Gasteiger partial charge in [0.05, 0.1) is 16.8 Å². The van der Waals surface area contributed by atoms with E-state index in [1.165, 1.54) is 10.6 Å². The number of piperazine rings is 1. The Labute approximate surface area is 173 Å². The van der Waals surface area contributed by atoms with Crippen molar-refractivity contribution in [1.82, 2.24) is 14.8 Å². The van der Waals surface area contributed by atoms with Gasteiger partial charge in [0.15, 0.2) is 0 Å². The lowest BCUT2D eigenvalue weighted by Gasteiger charge is -2.53. The molecular weight excluding hydrogens is 370 g/mol. The molecule has 6 unspecified atom stereocenters. The van der Waals surface area contributed by atoms with Crippen LogP contribution in [-0.4, -0.2) is 65.1 Å². The number of aliphatic hydroxyl groups is 1. The molecule has 28 heavy (non-hydrogen) atoms. The Morgan fingerprint density at radius 2 is 2.00 bits per heavy atom. The quantitative estimate of drug-likeness (QED) is 0.822. The van der Waals surface area contributed by atoms with Crippen molar-refractivity contribution < 1.29 is 9.90 Å². The van der Waals surface area contributed by atoms with Crippen LogP contribution in [0.3, 0.4) is 0 Å². The lowest BCUT2D eigenvalue weighted by molar-refractivity contribution is -0.146. The van der Waals surface area contributed by atoms with Crippen molar-refractivity contribution in [1.29, 1.82) is 0 Å². The van der Waals surface area contributed by atoms with Gasteiger partial charge in [-0.1, -0.05) is 20.8 Å². The van der Waals surface area contributed by atoms with E-state index >= 15 is 0 Å². The van der Waals surface area contributed by atoms with Gasteiger partial charge in [-0.05, 0) is 50.5 Å². The average Bonchev–Trinajstić information content (AvgIpc) is 3.01. The molecule has 156 valence electrons. The van der Waals surface area contributed by atoms with Gasteiger partial charge < -0.3 is 14.9 Å². The summed E-state index contributed by atoms with van der Waals surface area (Å²) in [6, 6.07) is 0. The van der Waals surface area contributed by atoms with Crippen LogP contribution in [0.2, 0.25) is 0 Å². The molecule has 2 heterocycles. The molecule has 1 N–H and O–H groups in total. The van der Waals surface area contributed by atoms with Crippen LogP contribution >= 0.6 is 11.3 Å². The monoisotopic (exact) mass is 405 g/mol. The van der Waals surface area contributed by atoms with Crippen molar-refractivity contribution >= 4 is 17.2 Å². The second kappa shape index (κ2) is 7.37. The summed E-state index contributed by atoms with van der Waals surface area (Å²) in [5.41, 5.74) is 1.31. The third-order valence-electron chi connectivity index (χ3n) is 7.88. The van der Waals surface area contributed by atoms with Crippen molar-refractivity contribution in [2.24, 2.45) is 23.2 Å². The zero-order valence-electron chi connectivity index (χ0n) is 17.9. The first-order valence-corrected chi connectivity index (χ1v) is 11.6. The van der Waals surface area contributed by atoms with Crippen molar-refractivity contribution in [3.05, 3.63) is 15.6 Å². The highest BCUT2D eigenvalue weighted by Gasteiger charge is 2.54. The molecule has 3 aliphatic rings. The van der Waals surface area contributed by atoms with Crippen molar-refractivity contribution in [3.8, 4) is 0 Å². The fraction of sp³-hybridized carbons (Fsp3) is 0.818. The number of carbonyl (C=O) groups is 1. The number of carbonyl (C=O) groups excluding carboxylic acids is 1. The van der Waals surface area contributed by atoms with Gasteiger partial charge in [-0.25, -0.2) is 4.98 Å². The molecule has 1 aliphatic heterocycles. The van der Waals surface area contributed by atoms with Crippen molar-refractivity contribution in [2.75, 3.05) is 33.2 Å². The summed E-state index contributed by atoms with van der Waals surface area (Å²) in [5.74, 6) is 0.600. The second-order valence-corrected chi connectivity index (χ2v) is 11.1. The highest BCUT2D eigenvalue weighted by Crippen LogP contribution is 2.57. The third-order valence-corrected chi connectivity index (χ3v) is 8.86. The van der Waals surface area contributed by atoms with Crippen LogP contribution in [-0.2, 0) is 11.2 Å². The zero-order chi connectivity index (χ0) is 20.2. The molecule has 6 atom stereocenters. The van der Waals surface area contributed by atoms with Crippen LogP contribution in [0.4, 0.5) is 0 Å². The number of aryl methyl sites for hydroxylation is 1. The Morgan fingerprint density at radius 3 is 2.68 bits per heavy atom. The van der Waals surface area contributed by atoms with Crippen LogP contribution in [0.25, 0.3) is 0 Å². The van der Waals surface area contributed by atoms with E-state index in [2.05, 4.69) is 32.7 Å². The molecular formula is C22H35N3O2S. The molecule has 1 aromatic heterocycles. The van der Waals surface area contributed by atoms with Crippen LogP contribution < -0.4 is 0 Å². The molecule has 5 nitrogen and oxygen atoms in total. The summed E-state index contributed by atoms with van der Waals surface area (Å²) in [7, 11) is 2.11. The Kier molecular flexibility index (Phi) is 5.34. The SMILES string of the molecule is Cc1nc2c(s1)CC1(C)CCC(C(C)C(=O)N3CCN(C)CC3)C(O)C1C2C. The number of thiazole rings is 1. The number of rotatable bonds is 2. The predicted molar refractivity (Wildman–Crippen MR) is 113 cm³/mol. The molecule has 0 radical (unpaired) electrons. The molecule has 0 bridgehead atoms. The highest BCUT2D eigenvalue weighted by atomic mass is 32.1. The lowest BCUT2D eigenvalue weighted by atomic mass is 9.53. The summed E-state index contributed by atoms with van der Waals surface area (Å²) >= 11 is 1.82. The van der Waals surface area contributed by atoms with E-state index in [4.69, 9.17) is 4.98 Å². The van der Waals surface area contributed by atoms with Crippen LogP contribution in [0.1, 0.15) is 55.1 Å². The maximum atomic E-state index is 13.2. The Balaban J connectivity index is 1.53. The number of likely N-dealkylation sites (N-methyl/N-ethyl adjacent to an activating group) is 1. The Bertz CT molecular complexity index is 742. The fourth-order valence-corrected chi connectivity index (χ4v) is 7.40. The summed E-state index contributed by atoms with van der Waals surface area (Å²) in [6.45, 7) is 12.2. The Morgan fingerprint density at radius 1 is 1.32 bits per heavy atom. The number of hydrogen-bond donors (Lipinski definition) is 1. The van der Waals surface area contributed by atoms with Crippen LogP contribution in [0.5, 0.6) is 0 Å². The predicted octanol–water partition coefficient (Wildman–Crippen LogP) is 2.91. The largest absolute Gasteiger partial charge is 0.392 e. The number of aliphatic hydroxyl groups excluding tert-OH is 1. The van der Waals surface area contributed by atoms with Crippen LogP contribution in [0.15, 0.2) is 0 Å². The van der Waals surface area contributed by atoms with E-state index in [0.29, 0.717) is 0 Å². The number of amides is 1. The topological polar surface area (TPSA) is 56.7 Å². The molecule has 0 spiro atoms. The lowest BCUT2D eigenvalue weighted by Crippen LogP contribution is -2.55. The minimum absolute atomic E-state index is 0.0500. The zero-order valence-corrected chi connectivity index (χ0v) is 18.8. The first kappa shape index (κ1) is 20.3. The number of aromatic nitrogens is 1. The molecule has 2 aliphatic carbocycles. The molecule has 6 heteroatoms. The van der Waals surface area contributed by atoms with Gasteiger partial charge >= 0.3 is 0 Å². The molecule has 2 fully saturated rings. The van der Waals surface area contributed by atoms with E-state index in [1.807, 2.05) is 23.2 Å². The van der Waals surface area contributed by atoms with E-state index in [0.717, 1.165) is 50.4 Å². The van der Waals surface area contributed by atoms with Crippen LogP contribution in [0, 0.1) is 30.1 Å². The standard InChI is InChI=1S/C22H35N3O2S/c1-13(21(27)25-10-8-24(5)9-11-25)16-6-7-22(4)12-17-19(23-15(3)28-17)14(2)18(22)20(16)26/h13-14,16,18,20,26H,6-12H2,1-5H3. The molecule has 1 aromatic rings. The maximum Gasteiger partial charge on any atom is 0.225 e. The van der Waals surface area contributed by atoms with Gasteiger partial charge in [0.2, 0.25) is 5.91 Å². The highest BCUT2D eigenvalue weighted by molar-refractivity contribution is 7.11. The Hall–Kier alpha value is -0.980. The molecule has 1 saturated carbocycles. The van der Waals surface area contributed by atoms with E-state index in [9.17, 15) is 9.90 Å². The van der Waals surface area contributed by atoms with Gasteiger partial charge in [-0.2, -0.15) is 0 Å². The molecule has 1 amide bonds. The normalized spacial score (nSPS) is 37.3. The first-order valence-electron chi connectivity index (χ1n) is 10.8. The number of fused-ring (bicyclic) bond motifs is 2. The van der Waals surface area contributed by atoms with Gasteiger partial charge in [0, 0.05) is 42.9 Å². The van der Waals surface area contributed by atoms with Gasteiger partial charge in [-0.15, -0.1) is 11.3 Å². The summed E-state index contributed by atoms with van der Waals surface area (Å²) in [5, 5.41) is 12.6. The number of hydrogen-bond acceptors (Lipinski definition) is 5. The summed E-state index contributed by atoms with van der Waals surface area (Å²) in [4.78, 5) is 23.7. The summed E-state index contributed by atoms with van der Waals surface area (Å²) in [6.07, 6.45) is 2.61. The van der Waals surface area contributed by atoms with Crippen molar-refractivity contribution in [3.63, 3.8) is 0 Å². The van der Waals surface area contributed by atoms with Gasteiger partial charge in [0.1, 0.15) is 0 Å². The second-order valence-electron chi connectivity index (χ2n) is 9.80. The smallest absolute Gasteiger partial charge is 0.225 e. The average molecular weight is 406 g/mol. The minimum atomic E-state index is -0.435. The first-order chi connectivity index (χ1) is 13.2. The third kappa shape index (κ3) is 3.31. The van der Waals surface area contributed by atoms with Gasteiger partial charge in [-0.3, -0.25) is 4.79 Å². The molecule has 0 aromatic carbocycles. The molecule has 1 saturated heterocycles. The van der Waals surface area contributed by atoms with Crippen molar-refractivity contribution in [2.45, 2.75) is 59.0 Å².